The van der Waals surface area contributed by atoms with E-state index < -0.39 is 6.10 Å². The molecular weight excluding hydrogens is 382 g/mol. The van der Waals surface area contributed by atoms with E-state index in [0.717, 1.165) is 22.5 Å². The maximum atomic E-state index is 12.4. The van der Waals surface area contributed by atoms with Crippen molar-refractivity contribution in [3.8, 4) is 11.6 Å². The molecule has 3 rings (SSSR count). The Kier molecular flexibility index (Phi) is 6.34. The van der Waals surface area contributed by atoms with Crippen LogP contribution in [0.4, 0.5) is 0 Å². The van der Waals surface area contributed by atoms with E-state index in [0.29, 0.717) is 11.6 Å². The molecule has 8 nitrogen and oxygen atoms in total. The van der Waals surface area contributed by atoms with Crippen LogP contribution >= 0.6 is 0 Å². The summed E-state index contributed by atoms with van der Waals surface area (Å²) in [4.78, 5) is 24.5. The number of aryl methyl sites for hydroxylation is 3. The van der Waals surface area contributed by atoms with E-state index in [1.165, 1.54) is 10.7 Å². The van der Waals surface area contributed by atoms with Gasteiger partial charge < -0.3 is 10.1 Å². The number of benzene rings is 1. The number of ether oxygens (including phenoxy) is 1. The molecule has 0 radical (unpaired) electrons. The number of nitrogens with zero attached hydrogens (tertiary/aromatic N) is 4. The van der Waals surface area contributed by atoms with E-state index >= 15 is 0 Å². The first kappa shape index (κ1) is 21.3. The zero-order valence-electron chi connectivity index (χ0n) is 18.0. The lowest BCUT2D eigenvalue weighted by molar-refractivity contribution is -0.127. The number of amides is 1. The summed E-state index contributed by atoms with van der Waals surface area (Å²) < 4.78 is 8.81. The number of hydrogen-bond acceptors (Lipinski definition) is 5. The topological polar surface area (TPSA) is 91.0 Å². The number of carbonyl (C=O) groups excluding carboxylic acids is 1. The molecule has 158 valence electrons. The van der Waals surface area contributed by atoms with Gasteiger partial charge in [-0.2, -0.15) is 5.10 Å². The van der Waals surface area contributed by atoms with Crippen LogP contribution in [0.5, 0.6) is 5.75 Å². The van der Waals surface area contributed by atoms with Gasteiger partial charge in [0.25, 0.3) is 11.5 Å². The van der Waals surface area contributed by atoms with Crippen molar-refractivity contribution in [2.24, 2.45) is 0 Å². The second-order valence-corrected chi connectivity index (χ2v) is 7.34. The van der Waals surface area contributed by atoms with E-state index in [1.807, 2.05) is 52.0 Å². The molecule has 0 fully saturated rings. The van der Waals surface area contributed by atoms with Crippen molar-refractivity contribution in [3.63, 3.8) is 0 Å². The minimum absolute atomic E-state index is 0.241. The molecule has 1 atom stereocenters. The number of nitrogens with one attached hydrogen (secondary N) is 1. The van der Waals surface area contributed by atoms with E-state index in [-0.39, 0.29) is 24.6 Å². The fraction of sp³-hybridized carbons (Fsp3) is 0.364. The minimum atomic E-state index is -0.656. The Morgan fingerprint density at radius 3 is 2.60 bits per heavy atom. The molecule has 0 aliphatic heterocycles. The smallest absolute Gasteiger partial charge is 0.266 e. The van der Waals surface area contributed by atoms with Crippen molar-refractivity contribution in [2.75, 3.05) is 6.54 Å². The van der Waals surface area contributed by atoms with Gasteiger partial charge in [-0.25, -0.2) is 9.36 Å². The second kappa shape index (κ2) is 8.94. The van der Waals surface area contributed by atoms with Crippen LogP contribution in [-0.4, -0.2) is 38.1 Å². The van der Waals surface area contributed by atoms with Gasteiger partial charge in [0.15, 0.2) is 11.9 Å². The van der Waals surface area contributed by atoms with Gasteiger partial charge in [-0.15, -0.1) is 5.10 Å². The minimum Gasteiger partial charge on any atom is -0.481 e. The van der Waals surface area contributed by atoms with Crippen LogP contribution < -0.4 is 15.6 Å². The molecule has 0 spiro atoms. The summed E-state index contributed by atoms with van der Waals surface area (Å²) in [5.41, 5.74) is 3.67. The summed E-state index contributed by atoms with van der Waals surface area (Å²) in [5, 5.41) is 11.6. The lowest BCUT2D eigenvalue weighted by atomic mass is 10.1. The van der Waals surface area contributed by atoms with Crippen molar-refractivity contribution in [3.05, 3.63) is 69.3 Å². The van der Waals surface area contributed by atoms with E-state index in [4.69, 9.17) is 4.74 Å². The summed E-state index contributed by atoms with van der Waals surface area (Å²) in [6.07, 6.45) is -0.656. The molecule has 0 saturated heterocycles. The van der Waals surface area contributed by atoms with Crippen LogP contribution in [0.1, 0.15) is 29.4 Å². The molecular formula is C22H27N5O3. The summed E-state index contributed by atoms with van der Waals surface area (Å²) in [6.45, 7) is 9.98. The lowest BCUT2D eigenvalue weighted by Gasteiger charge is -2.17. The van der Waals surface area contributed by atoms with Crippen molar-refractivity contribution in [2.45, 2.75) is 47.3 Å². The van der Waals surface area contributed by atoms with Gasteiger partial charge >= 0.3 is 0 Å². The molecule has 2 aromatic heterocycles. The third-order valence-electron chi connectivity index (χ3n) is 4.93. The Bertz CT molecular complexity index is 1120. The summed E-state index contributed by atoms with van der Waals surface area (Å²) in [6, 6.07) is 10.8. The number of aromatic nitrogens is 4. The Balaban J connectivity index is 1.61. The fourth-order valence-electron chi connectivity index (χ4n) is 3.10. The summed E-state index contributed by atoms with van der Waals surface area (Å²) >= 11 is 0. The summed E-state index contributed by atoms with van der Waals surface area (Å²) in [7, 11) is 0. The molecule has 0 aliphatic rings. The summed E-state index contributed by atoms with van der Waals surface area (Å²) in [5.74, 6) is 0.991. The van der Waals surface area contributed by atoms with Crippen molar-refractivity contribution < 1.29 is 9.53 Å². The van der Waals surface area contributed by atoms with Gasteiger partial charge in [0.2, 0.25) is 0 Å². The maximum absolute atomic E-state index is 12.4. The lowest BCUT2D eigenvalue weighted by Crippen LogP contribution is -2.39. The first-order valence-electron chi connectivity index (χ1n) is 9.88. The first-order valence-corrected chi connectivity index (χ1v) is 9.88. The van der Waals surface area contributed by atoms with Crippen molar-refractivity contribution in [1.29, 1.82) is 0 Å². The molecule has 1 amide bonds. The molecule has 8 heteroatoms. The van der Waals surface area contributed by atoms with Gasteiger partial charge in [0.05, 0.1) is 12.2 Å². The standard InChI is InChI=1S/C22H27N5O3/c1-14-7-6-8-19(17(14)4)30-18(5)22(29)23-11-12-26-21(28)10-9-20(25-26)27-16(3)13-15(2)24-27/h6-10,13,18H,11-12H2,1-5H3,(H,23,29). The molecule has 0 aliphatic carbocycles. The second-order valence-electron chi connectivity index (χ2n) is 7.34. The Morgan fingerprint density at radius 2 is 1.90 bits per heavy atom. The molecule has 30 heavy (non-hydrogen) atoms. The zero-order chi connectivity index (χ0) is 21.8. The van der Waals surface area contributed by atoms with Gasteiger partial charge in [0, 0.05) is 18.3 Å². The van der Waals surface area contributed by atoms with E-state index in [2.05, 4.69) is 15.5 Å². The number of carbonyl (C=O) groups is 1. The van der Waals surface area contributed by atoms with Crippen LogP contribution in [0.3, 0.4) is 0 Å². The highest BCUT2D eigenvalue weighted by Crippen LogP contribution is 2.21. The predicted molar refractivity (Wildman–Crippen MR) is 114 cm³/mol. The largest absolute Gasteiger partial charge is 0.481 e. The molecule has 1 N–H and O–H groups in total. The van der Waals surface area contributed by atoms with Crippen LogP contribution in [0.25, 0.3) is 5.82 Å². The maximum Gasteiger partial charge on any atom is 0.266 e. The van der Waals surface area contributed by atoms with Crippen molar-refractivity contribution >= 4 is 5.91 Å². The predicted octanol–water partition coefficient (Wildman–Crippen LogP) is 2.25. The highest BCUT2D eigenvalue weighted by molar-refractivity contribution is 5.80. The Labute approximate surface area is 175 Å². The van der Waals surface area contributed by atoms with Crippen LogP contribution in [0, 0.1) is 27.7 Å². The van der Waals surface area contributed by atoms with Crippen LogP contribution in [0.2, 0.25) is 0 Å². The van der Waals surface area contributed by atoms with Gasteiger partial charge in [-0.1, -0.05) is 12.1 Å². The normalized spacial score (nSPS) is 11.9. The highest BCUT2D eigenvalue weighted by atomic mass is 16.5. The molecule has 0 bridgehead atoms. The van der Waals surface area contributed by atoms with Crippen LogP contribution in [0.15, 0.2) is 41.2 Å². The molecule has 2 heterocycles. The number of rotatable bonds is 7. The molecule has 1 unspecified atom stereocenters. The monoisotopic (exact) mass is 409 g/mol. The zero-order valence-corrected chi connectivity index (χ0v) is 18.0. The van der Waals surface area contributed by atoms with Gasteiger partial charge in [-0.3, -0.25) is 9.59 Å². The number of hydrogen-bond donors (Lipinski definition) is 1. The fourth-order valence-corrected chi connectivity index (χ4v) is 3.10. The third kappa shape index (κ3) is 4.76. The van der Waals surface area contributed by atoms with Crippen LogP contribution in [-0.2, 0) is 11.3 Å². The SMILES string of the molecule is Cc1cc(C)n(-c2ccc(=O)n(CCNC(=O)C(C)Oc3cccc(C)c3C)n2)n1. The third-order valence-corrected chi connectivity index (χ3v) is 4.93. The quantitative estimate of drug-likeness (QED) is 0.646. The van der Waals surface area contributed by atoms with Gasteiger partial charge in [0.1, 0.15) is 5.75 Å². The molecule has 3 aromatic rings. The van der Waals surface area contributed by atoms with E-state index in [9.17, 15) is 9.59 Å². The Hall–Kier alpha value is -3.42. The molecule has 0 saturated carbocycles. The average Bonchev–Trinajstić information content (AvgIpc) is 3.04. The van der Waals surface area contributed by atoms with Gasteiger partial charge in [-0.05, 0) is 63.9 Å². The Morgan fingerprint density at radius 1 is 1.13 bits per heavy atom. The first-order chi connectivity index (χ1) is 14.3. The molecule has 1 aromatic carbocycles. The average molecular weight is 409 g/mol. The van der Waals surface area contributed by atoms with Crippen molar-refractivity contribution in [1.82, 2.24) is 24.9 Å². The highest BCUT2D eigenvalue weighted by Gasteiger charge is 2.16. The van der Waals surface area contributed by atoms with E-state index in [1.54, 1.807) is 17.7 Å².